The number of oxime groups is 1. The van der Waals surface area contributed by atoms with Crippen LogP contribution in [-0.4, -0.2) is 69.4 Å². The molecule has 0 radical (unpaired) electrons. The smallest absolute Gasteiger partial charge is 0.234 e. The lowest BCUT2D eigenvalue weighted by atomic mass is 9.70. The highest BCUT2D eigenvalue weighted by Crippen LogP contribution is 2.42. The van der Waals surface area contributed by atoms with Crippen molar-refractivity contribution in [2.75, 3.05) is 52.5 Å². The van der Waals surface area contributed by atoms with Gasteiger partial charge < -0.3 is 19.6 Å². The lowest BCUT2D eigenvalue weighted by molar-refractivity contribution is -0.0335. The predicted octanol–water partition coefficient (Wildman–Crippen LogP) is 1.61. The van der Waals surface area contributed by atoms with Gasteiger partial charge in [-0.05, 0) is 57.7 Å². The summed E-state index contributed by atoms with van der Waals surface area (Å²) in [5, 5.41) is 7.93. The van der Waals surface area contributed by atoms with E-state index in [1.165, 1.54) is 32.4 Å². The summed E-state index contributed by atoms with van der Waals surface area (Å²) in [4.78, 5) is 8.16. The Hall–Kier alpha value is -0.850. The molecule has 0 aliphatic carbocycles. The Bertz CT molecular complexity index is 439. The molecule has 0 saturated carbocycles. The van der Waals surface area contributed by atoms with E-state index in [2.05, 4.69) is 15.4 Å². The SMILES string of the molecule is C1CCN(CC2CON=C(C3(C4CCOCC4)CCNC3)O2)CC1. The molecule has 3 fully saturated rings. The first-order valence-electron chi connectivity index (χ1n) is 9.75. The van der Waals surface area contributed by atoms with E-state index in [1.54, 1.807) is 0 Å². The second-order valence-electron chi connectivity index (χ2n) is 7.76. The molecule has 0 aromatic carbocycles. The van der Waals surface area contributed by atoms with Crippen molar-refractivity contribution in [2.24, 2.45) is 16.5 Å². The van der Waals surface area contributed by atoms with Gasteiger partial charge in [0, 0.05) is 26.3 Å². The van der Waals surface area contributed by atoms with Crippen molar-refractivity contribution in [1.29, 1.82) is 0 Å². The molecule has 2 atom stereocenters. The normalized spacial score (nSPS) is 36.0. The molecule has 1 N–H and O–H groups in total. The number of rotatable bonds is 4. The summed E-state index contributed by atoms with van der Waals surface area (Å²) >= 11 is 0. The number of hydrogen-bond acceptors (Lipinski definition) is 6. The lowest BCUT2D eigenvalue weighted by Crippen LogP contribution is -2.49. The molecule has 0 aromatic rings. The molecule has 4 heterocycles. The molecular formula is C18H31N3O3. The molecule has 4 aliphatic heterocycles. The van der Waals surface area contributed by atoms with E-state index in [4.69, 9.17) is 14.3 Å². The van der Waals surface area contributed by atoms with Gasteiger partial charge in [-0.15, -0.1) is 0 Å². The lowest BCUT2D eigenvalue weighted by Gasteiger charge is -2.41. The summed E-state index contributed by atoms with van der Waals surface area (Å²) in [6.45, 7) is 7.65. The van der Waals surface area contributed by atoms with Gasteiger partial charge in [0.25, 0.3) is 0 Å². The summed E-state index contributed by atoms with van der Waals surface area (Å²) in [6, 6.07) is 0. The molecule has 0 spiro atoms. The minimum atomic E-state index is 0.00431. The number of ether oxygens (including phenoxy) is 2. The van der Waals surface area contributed by atoms with Crippen LogP contribution in [-0.2, 0) is 14.3 Å². The van der Waals surface area contributed by atoms with Crippen molar-refractivity contribution >= 4 is 5.90 Å². The summed E-state index contributed by atoms with van der Waals surface area (Å²) in [5.74, 6) is 1.44. The molecule has 24 heavy (non-hydrogen) atoms. The maximum Gasteiger partial charge on any atom is 0.234 e. The van der Waals surface area contributed by atoms with E-state index in [1.807, 2.05) is 0 Å². The van der Waals surface area contributed by atoms with Crippen LogP contribution in [0.4, 0.5) is 0 Å². The van der Waals surface area contributed by atoms with Crippen LogP contribution >= 0.6 is 0 Å². The van der Waals surface area contributed by atoms with Crippen LogP contribution < -0.4 is 5.32 Å². The Kier molecular flexibility index (Phi) is 5.25. The molecule has 4 aliphatic rings. The maximum absolute atomic E-state index is 6.43. The van der Waals surface area contributed by atoms with E-state index in [9.17, 15) is 0 Å². The van der Waals surface area contributed by atoms with Gasteiger partial charge >= 0.3 is 0 Å². The highest BCUT2D eigenvalue weighted by Gasteiger charge is 2.49. The monoisotopic (exact) mass is 337 g/mol. The molecule has 2 unspecified atom stereocenters. The third-order valence-electron chi connectivity index (χ3n) is 6.21. The first-order valence-corrected chi connectivity index (χ1v) is 9.75. The van der Waals surface area contributed by atoms with Crippen LogP contribution in [0.1, 0.15) is 38.5 Å². The van der Waals surface area contributed by atoms with E-state index >= 15 is 0 Å². The van der Waals surface area contributed by atoms with Crippen LogP contribution in [0, 0.1) is 11.3 Å². The van der Waals surface area contributed by atoms with Crippen molar-refractivity contribution in [3.8, 4) is 0 Å². The minimum absolute atomic E-state index is 0.00431. The number of hydrogen-bond donors (Lipinski definition) is 1. The van der Waals surface area contributed by atoms with Crippen LogP contribution in [0.15, 0.2) is 5.16 Å². The van der Waals surface area contributed by atoms with Crippen LogP contribution in [0.2, 0.25) is 0 Å². The summed E-state index contributed by atoms with van der Waals surface area (Å²) < 4.78 is 12.0. The molecule has 136 valence electrons. The van der Waals surface area contributed by atoms with Crippen LogP contribution in [0.5, 0.6) is 0 Å². The van der Waals surface area contributed by atoms with E-state index in [-0.39, 0.29) is 11.5 Å². The second-order valence-corrected chi connectivity index (χ2v) is 7.76. The summed E-state index contributed by atoms with van der Waals surface area (Å²) in [5.41, 5.74) is 0.00431. The van der Waals surface area contributed by atoms with Gasteiger partial charge in [0.2, 0.25) is 5.90 Å². The van der Waals surface area contributed by atoms with Gasteiger partial charge in [0.05, 0.1) is 5.41 Å². The Balaban J connectivity index is 1.43. The first kappa shape index (κ1) is 16.6. The van der Waals surface area contributed by atoms with E-state index in [0.29, 0.717) is 12.5 Å². The number of nitrogens with one attached hydrogen (secondary N) is 1. The quantitative estimate of drug-likeness (QED) is 0.845. The van der Waals surface area contributed by atoms with Gasteiger partial charge in [0.15, 0.2) is 6.61 Å². The maximum atomic E-state index is 6.43. The van der Waals surface area contributed by atoms with Gasteiger partial charge in [-0.3, -0.25) is 4.90 Å². The highest BCUT2D eigenvalue weighted by molar-refractivity contribution is 5.84. The zero-order valence-electron chi connectivity index (χ0n) is 14.7. The van der Waals surface area contributed by atoms with E-state index < -0.39 is 0 Å². The summed E-state index contributed by atoms with van der Waals surface area (Å²) in [7, 11) is 0. The Morgan fingerprint density at radius 2 is 2.00 bits per heavy atom. The van der Waals surface area contributed by atoms with Gasteiger partial charge in [-0.2, -0.15) is 0 Å². The molecular weight excluding hydrogens is 306 g/mol. The van der Waals surface area contributed by atoms with Crippen molar-refractivity contribution in [3.05, 3.63) is 0 Å². The Morgan fingerprint density at radius 3 is 2.75 bits per heavy atom. The van der Waals surface area contributed by atoms with Gasteiger partial charge in [-0.1, -0.05) is 11.6 Å². The molecule has 0 bridgehead atoms. The number of likely N-dealkylation sites (tertiary alicyclic amines) is 1. The van der Waals surface area contributed by atoms with Crippen LogP contribution in [0.25, 0.3) is 0 Å². The van der Waals surface area contributed by atoms with Crippen LogP contribution in [0.3, 0.4) is 0 Å². The molecule has 0 amide bonds. The highest BCUT2D eigenvalue weighted by atomic mass is 16.7. The third kappa shape index (κ3) is 3.41. The average Bonchev–Trinajstić information content (AvgIpc) is 3.15. The van der Waals surface area contributed by atoms with Crippen molar-refractivity contribution in [3.63, 3.8) is 0 Å². The van der Waals surface area contributed by atoms with E-state index in [0.717, 1.165) is 58.0 Å². The molecule has 6 heteroatoms. The van der Waals surface area contributed by atoms with Crippen molar-refractivity contribution in [2.45, 2.75) is 44.6 Å². The van der Waals surface area contributed by atoms with Crippen molar-refractivity contribution < 1.29 is 14.3 Å². The fourth-order valence-corrected chi connectivity index (χ4v) is 4.79. The number of piperidine rings is 1. The predicted molar refractivity (Wildman–Crippen MR) is 92.0 cm³/mol. The molecule has 0 aromatic heterocycles. The number of nitrogens with zero attached hydrogens (tertiary/aromatic N) is 2. The summed E-state index contributed by atoms with van der Waals surface area (Å²) in [6.07, 6.45) is 7.39. The fraction of sp³-hybridized carbons (Fsp3) is 0.944. The average molecular weight is 337 g/mol. The Labute approximate surface area is 144 Å². The third-order valence-corrected chi connectivity index (χ3v) is 6.21. The minimum Gasteiger partial charge on any atom is -0.470 e. The topological polar surface area (TPSA) is 55.3 Å². The van der Waals surface area contributed by atoms with Gasteiger partial charge in [-0.25, -0.2) is 0 Å². The molecule has 3 saturated heterocycles. The largest absolute Gasteiger partial charge is 0.470 e. The molecule has 4 rings (SSSR count). The standard InChI is InChI=1S/C18H31N3O3/c1-2-8-21(9-3-1)12-16-13-23-20-17(24-16)18(6-7-19-14-18)15-4-10-22-11-5-15/h15-16,19H,1-14H2. The zero-order chi connectivity index (χ0) is 16.2. The Morgan fingerprint density at radius 1 is 1.17 bits per heavy atom. The van der Waals surface area contributed by atoms with Gasteiger partial charge in [0.1, 0.15) is 6.10 Å². The molecule has 6 nitrogen and oxygen atoms in total. The second kappa shape index (κ2) is 7.58. The fourth-order valence-electron chi connectivity index (χ4n) is 4.79. The first-order chi connectivity index (χ1) is 11.9. The van der Waals surface area contributed by atoms with Crippen molar-refractivity contribution in [1.82, 2.24) is 10.2 Å². The zero-order valence-corrected chi connectivity index (χ0v) is 14.7.